The maximum atomic E-state index is 6.08. The van der Waals surface area contributed by atoms with E-state index in [0.29, 0.717) is 16.6 Å². The lowest BCUT2D eigenvalue weighted by atomic mass is 10.0. The number of hydrogen-bond donors (Lipinski definition) is 1. The highest BCUT2D eigenvalue weighted by Gasteiger charge is 2.23. The monoisotopic (exact) mass is 287 g/mol. The maximum absolute atomic E-state index is 6.08. The van der Waals surface area contributed by atoms with Gasteiger partial charge < -0.3 is 10.6 Å². The molecule has 1 aromatic rings. The molecule has 1 aromatic carbocycles. The predicted molar refractivity (Wildman–Crippen MR) is 77.3 cm³/mol. The minimum atomic E-state index is 0.230. The summed E-state index contributed by atoms with van der Waals surface area (Å²) in [7, 11) is 2.15. The van der Waals surface area contributed by atoms with Crippen LogP contribution in [-0.2, 0) is 0 Å². The Hall–Kier alpha value is -0.320. The lowest BCUT2D eigenvalue weighted by molar-refractivity contribution is 0.114. The van der Waals surface area contributed by atoms with Gasteiger partial charge in [-0.3, -0.25) is 4.90 Å². The Morgan fingerprint density at radius 3 is 2.39 bits per heavy atom. The molecule has 0 aliphatic carbocycles. The molecule has 1 unspecified atom stereocenters. The van der Waals surface area contributed by atoms with Crippen LogP contribution in [0.1, 0.15) is 11.6 Å². The Morgan fingerprint density at radius 2 is 1.83 bits per heavy atom. The Labute approximate surface area is 118 Å². The van der Waals surface area contributed by atoms with Gasteiger partial charge in [0.2, 0.25) is 0 Å². The second-order valence-electron chi connectivity index (χ2n) is 4.76. The Balaban J connectivity index is 2.14. The molecule has 0 saturated carbocycles. The minimum Gasteiger partial charge on any atom is -0.329 e. The van der Waals surface area contributed by atoms with Crippen LogP contribution >= 0.6 is 23.2 Å². The van der Waals surface area contributed by atoms with E-state index in [2.05, 4.69) is 16.8 Å². The van der Waals surface area contributed by atoms with Crippen LogP contribution in [0.15, 0.2) is 18.2 Å². The van der Waals surface area contributed by atoms with Crippen molar-refractivity contribution in [2.45, 2.75) is 6.04 Å². The van der Waals surface area contributed by atoms with Crippen LogP contribution in [-0.4, -0.2) is 49.6 Å². The number of nitrogens with two attached hydrogens (primary N) is 1. The number of likely N-dealkylation sites (N-methyl/N-ethyl adjacent to an activating group) is 1. The molecule has 2 rings (SSSR count). The van der Waals surface area contributed by atoms with Gasteiger partial charge in [0.15, 0.2) is 0 Å². The van der Waals surface area contributed by atoms with Gasteiger partial charge in [-0.1, -0.05) is 29.3 Å². The van der Waals surface area contributed by atoms with E-state index in [-0.39, 0.29) is 6.04 Å². The fraction of sp³-hybridized carbons (Fsp3) is 0.538. The third kappa shape index (κ3) is 3.16. The summed E-state index contributed by atoms with van der Waals surface area (Å²) in [6.45, 7) is 4.84. The van der Waals surface area contributed by atoms with Gasteiger partial charge in [-0.05, 0) is 24.7 Å². The summed E-state index contributed by atoms with van der Waals surface area (Å²) >= 11 is 12.0. The first kappa shape index (κ1) is 14.1. The van der Waals surface area contributed by atoms with Gasteiger partial charge in [-0.25, -0.2) is 0 Å². The lowest BCUT2D eigenvalue weighted by Gasteiger charge is -2.37. The van der Waals surface area contributed by atoms with Gasteiger partial charge in [0.05, 0.1) is 10.0 Å². The van der Waals surface area contributed by atoms with Crippen molar-refractivity contribution in [3.05, 3.63) is 33.8 Å². The molecule has 0 spiro atoms. The molecule has 1 fully saturated rings. The molecule has 5 heteroatoms. The Morgan fingerprint density at radius 1 is 1.17 bits per heavy atom. The van der Waals surface area contributed by atoms with Gasteiger partial charge in [0, 0.05) is 38.8 Å². The van der Waals surface area contributed by atoms with E-state index in [1.54, 1.807) is 0 Å². The summed E-state index contributed by atoms with van der Waals surface area (Å²) in [4.78, 5) is 4.75. The van der Waals surface area contributed by atoms with Crippen molar-refractivity contribution in [1.82, 2.24) is 9.80 Å². The largest absolute Gasteiger partial charge is 0.329 e. The van der Waals surface area contributed by atoms with Crippen LogP contribution in [0.3, 0.4) is 0 Å². The topological polar surface area (TPSA) is 32.5 Å². The summed E-state index contributed by atoms with van der Waals surface area (Å²) in [5.41, 5.74) is 7.08. The zero-order valence-corrected chi connectivity index (χ0v) is 12.1. The number of halogens is 2. The zero-order chi connectivity index (χ0) is 13.1. The molecule has 0 amide bonds. The van der Waals surface area contributed by atoms with E-state index >= 15 is 0 Å². The predicted octanol–water partition coefficient (Wildman–Crippen LogP) is 2.24. The second-order valence-corrected chi connectivity index (χ2v) is 5.58. The Bertz CT molecular complexity index is 403. The fourth-order valence-corrected chi connectivity index (χ4v) is 2.66. The maximum Gasteiger partial charge on any atom is 0.0595 e. The number of piperazine rings is 1. The van der Waals surface area contributed by atoms with Crippen molar-refractivity contribution >= 4 is 23.2 Å². The van der Waals surface area contributed by atoms with Crippen molar-refractivity contribution in [3.8, 4) is 0 Å². The molecular weight excluding hydrogens is 269 g/mol. The third-order valence-electron chi connectivity index (χ3n) is 3.53. The first-order valence-corrected chi connectivity index (χ1v) is 6.95. The van der Waals surface area contributed by atoms with Crippen LogP contribution < -0.4 is 5.73 Å². The quantitative estimate of drug-likeness (QED) is 0.926. The van der Waals surface area contributed by atoms with Gasteiger partial charge in [-0.15, -0.1) is 0 Å². The smallest absolute Gasteiger partial charge is 0.0595 e. The SMILES string of the molecule is CN1CCN(C(CN)c2ccc(Cl)c(Cl)c2)CC1. The summed E-state index contributed by atoms with van der Waals surface area (Å²) in [6.07, 6.45) is 0. The average Bonchev–Trinajstić information content (AvgIpc) is 2.37. The normalized spacial score (nSPS) is 20.0. The Kier molecular flexibility index (Phi) is 4.87. The summed E-state index contributed by atoms with van der Waals surface area (Å²) in [5, 5.41) is 1.19. The summed E-state index contributed by atoms with van der Waals surface area (Å²) < 4.78 is 0. The number of rotatable bonds is 3. The first-order chi connectivity index (χ1) is 8.61. The minimum absolute atomic E-state index is 0.230. The molecule has 1 heterocycles. The van der Waals surface area contributed by atoms with Crippen LogP contribution in [0.4, 0.5) is 0 Å². The van der Waals surface area contributed by atoms with E-state index in [0.717, 1.165) is 31.7 Å². The average molecular weight is 288 g/mol. The number of nitrogens with zero attached hydrogens (tertiary/aromatic N) is 2. The first-order valence-electron chi connectivity index (χ1n) is 6.19. The van der Waals surface area contributed by atoms with Crippen molar-refractivity contribution in [3.63, 3.8) is 0 Å². The van der Waals surface area contributed by atoms with Crippen molar-refractivity contribution in [2.75, 3.05) is 39.8 Å². The second kappa shape index (κ2) is 6.22. The molecule has 0 radical (unpaired) electrons. The zero-order valence-electron chi connectivity index (χ0n) is 10.6. The molecular formula is C13H19Cl2N3. The van der Waals surface area contributed by atoms with Gasteiger partial charge in [0.1, 0.15) is 0 Å². The summed E-state index contributed by atoms with van der Waals surface area (Å²) in [6, 6.07) is 6.02. The number of benzene rings is 1. The lowest BCUT2D eigenvalue weighted by Crippen LogP contribution is -2.47. The van der Waals surface area contributed by atoms with Crippen LogP contribution in [0, 0.1) is 0 Å². The molecule has 1 aliphatic rings. The molecule has 1 atom stereocenters. The van der Waals surface area contributed by atoms with Crippen LogP contribution in [0.25, 0.3) is 0 Å². The highest BCUT2D eigenvalue weighted by Crippen LogP contribution is 2.28. The van der Waals surface area contributed by atoms with E-state index < -0.39 is 0 Å². The molecule has 0 aromatic heterocycles. The molecule has 100 valence electrons. The third-order valence-corrected chi connectivity index (χ3v) is 4.27. The van der Waals surface area contributed by atoms with E-state index in [1.165, 1.54) is 0 Å². The molecule has 1 aliphatic heterocycles. The fourth-order valence-electron chi connectivity index (χ4n) is 2.35. The van der Waals surface area contributed by atoms with Crippen LogP contribution in [0.5, 0.6) is 0 Å². The summed E-state index contributed by atoms with van der Waals surface area (Å²) in [5.74, 6) is 0. The van der Waals surface area contributed by atoms with Gasteiger partial charge >= 0.3 is 0 Å². The van der Waals surface area contributed by atoms with E-state index in [1.807, 2.05) is 18.2 Å². The molecule has 3 nitrogen and oxygen atoms in total. The molecule has 2 N–H and O–H groups in total. The standard InChI is InChI=1S/C13H19Cl2N3/c1-17-4-6-18(7-5-17)13(9-16)10-2-3-11(14)12(15)8-10/h2-3,8,13H,4-7,9,16H2,1H3. The van der Waals surface area contributed by atoms with Crippen molar-refractivity contribution < 1.29 is 0 Å². The molecule has 1 saturated heterocycles. The van der Waals surface area contributed by atoms with E-state index in [4.69, 9.17) is 28.9 Å². The highest BCUT2D eigenvalue weighted by molar-refractivity contribution is 6.42. The highest BCUT2D eigenvalue weighted by atomic mass is 35.5. The van der Waals surface area contributed by atoms with Gasteiger partial charge in [-0.2, -0.15) is 0 Å². The van der Waals surface area contributed by atoms with Gasteiger partial charge in [0.25, 0.3) is 0 Å². The molecule has 0 bridgehead atoms. The van der Waals surface area contributed by atoms with Crippen LogP contribution in [0.2, 0.25) is 10.0 Å². The number of hydrogen-bond acceptors (Lipinski definition) is 3. The van der Waals surface area contributed by atoms with Crippen molar-refractivity contribution in [1.29, 1.82) is 0 Å². The van der Waals surface area contributed by atoms with E-state index in [9.17, 15) is 0 Å². The molecule has 18 heavy (non-hydrogen) atoms. The van der Waals surface area contributed by atoms with Crippen molar-refractivity contribution in [2.24, 2.45) is 5.73 Å².